The number of esters is 6. The third-order valence-electron chi connectivity index (χ3n) is 9.32. The number of ether oxygens (including phenoxy) is 9. The van der Waals surface area contributed by atoms with Crippen LogP contribution in [0.3, 0.4) is 0 Å². The number of carbonyl (C=O) groups is 6. The van der Waals surface area contributed by atoms with Crippen LogP contribution in [0.15, 0.2) is 60.7 Å². The first-order valence-corrected chi connectivity index (χ1v) is 20.5. The fourth-order valence-electron chi connectivity index (χ4n) is 7.19. The lowest BCUT2D eigenvalue weighted by Crippen LogP contribution is -2.69. The lowest BCUT2D eigenvalue weighted by Gasteiger charge is -2.48. The fraction of sp³-hybridized carbons (Fsp3) is 0.550. The maximum Gasteiger partial charge on any atom is 0.303 e. The lowest BCUT2D eigenvalue weighted by molar-refractivity contribution is -0.377. The van der Waals surface area contributed by atoms with E-state index < -0.39 is 117 Å². The predicted octanol–water partition coefficient (Wildman–Crippen LogP) is 1.61. The molecule has 0 unspecified atom stereocenters. The maximum atomic E-state index is 12.5. The van der Waals surface area contributed by atoms with E-state index in [2.05, 4.69) is 0 Å². The lowest BCUT2D eigenvalue weighted by atomic mass is 9.97. The number of aliphatic hydroxyl groups excluding tert-OH is 1. The highest BCUT2D eigenvalue weighted by atomic mass is 28.4. The van der Waals surface area contributed by atoms with Gasteiger partial charge in [0, 0.05) is 41.5 Å². The highest BCUT2D eigenvalue weighted by Gasteiger charge is 2.58. The van der Waals surface area contributed by atoms with Crippen LogP contribution in [-0.4, -0.2) is 124 Å². The molecule has 1 N–H and O–H groups in total. The zero-order valence-electron chi connectivity index (χ0n) is 33.9. The van der Waals surface area contributed by atoms with Crippen LogP contribution >= 0.6 is 0 Å². The molecule has 2 aromatic rings. The van der Waals surface area contributed by atoms with Gasteiger partial charge in [-0.25, -0.2) is 0 Å². The van der Waals surface area contributed by atoms with E-state index in [-0.39, 0.29) is 6.61 Å². The van der Waals surface area contributed by atoms with Crippen molar-refractivity contribution in [2.45, 2.75) is 129 Å². The van der Waals surface area contributed by atoms with Crippen LogP contribution in [0, 0.1) is 0 Å². The van der Waals surface area contributed by atoms with E-state index in [1.54, 1.807) is 0 Å². The standard InChI is InChI=1S/C40H52O17Si/c1-22(41)48-20-30-34(51-24(3)43)36(53-26(5)45)37(54-27(6)46)39(55-30)57-38-35(52-25(4)44)32(47)33(50-23(2)42)31(56-38)21-49-58(40(7,8)9,28-16-12-10-13-17-28)29-18-14-11-15-19-29/h10-19,30-39,47H,20-21H2,1-9H3/t30-,31-,32+,33+,34-,35-,36+,37-,38-,39-/m1/s1. The van der Waals surface area contributed by atoms with Gasteiger partial charge in [-0.2, -0.15) is 0 Å². The Kier molecular flexibility index (Phi) is 15.7. The van der Waals surface area contributed by atoms with E-state index in [1.165, 1.54) is 0 Å². The van der Waals surface area contributed by atoms with Crippen molar-refractivity contribution in [2.24, 2.45) is 0 Å². The molecular weight excluding hydrogens is 781 g/mol. The van der Waals surface area contributed by atoms with E-state index in [1.807, 2.05) is 81.4 Å². The second-order valence-electron chi connectivity index (χ2n) is 14.9. The molecule has 2 heterocycles. The third-order valence-corrected chi connectivity index (χ3v) is 14.3. The van der Waals surface area contributed by atoms with Crippen molar-refractivity contribution in [2.75, 3.05) is 13.2 Å². The molecule has 0 bridgehead atoms. The summed E-state index contributed by atoms with van der Waals surface area (Å²) in [6.45, 7) is 11.8. The second kappa shape index (κ2) is 19.8. The van der Waals surface area contributed by atoms with E-state index in [0.29, 0.717) is 0 Å². The number of aliphatic hydroxyl groups is 1. The third kappa shape index (κ3) is 11.3. The minimum Gasteiger partial charge on any atom is -0.463 e. The Morgan fingerprint density at radius 1 is 0.552 bits per heavy atom. The molecule has 318 valence electrons. The first kappa shape index (κ1) is 46.0. The smallest absolute Gasteiger partial charge is 0.303 e. The average Bonchev–Trinajstić information content (AvgIpc) is 3.12. The summed E-state index contributed by atoms with van der Waals surface area (Å²) in [6, 6.07) is 19.3. The molecule has 0 spiro atoms. The normalized spacial score (nSPS) is 27.3. The van der Waals surface area contributed by atoms with Crippen LogP contribution in [0.4, 0.5) is 0 Å². The van der Waals surface area contributed by atoms with Crippen molar-refractivity contribution in [3.8, 4) is 0 Å². The molecule has 0 aliphatic carbocycles. The van der Waals surface area contributed by atoms with Gasteiger partial charge in [-0.15, -0.1) is 0 Å². The topological polar surface area (TPSA) is 215 Å². The summed E-state index contributed by atoms with van der Waals surface area (Å²) in [5.74, 6) is -5.02. The molecule has 2 saturated heterocycles. The van der Waals surface area contributed by atoms with Crippen molar-refractivity contribution in [1.29, 1.82) is 0 Å². The van der Waals surface area contributed by atoms with E-state index in [4.69, 9.17) is 47.1 Å². The molecule has 10 atom stereocenters. The van der Waals surface area contributed by atoms with Crippen LogP contribution in [-0.2, 0) is 75.8 Å². The van der Waals surface area contributed by atoms with Crippen LogP contribution in [0.1, 0.15) is 62.3 Å². The summed E-state index contributed by atoms with van der Waals surface area (Å²) in [5.41, 5.74) is 0. The van der Waals surface area contributed by atoms with Gasteiger partial charge in [0.1, 0.15) is 24.9 Å². The maximum absolute atomic E-state index is 12.5. The Hall–Kier alpha value is -4.72. The molecular formula is C40H52O17Si. The van der Waals surface area contributed by atoms with Gasteiger partial charge in [0.05, 0.1) is 6.61 Å². The minimum absolute atomic E-state index is 0.298. The Morgan fingerprint density at radius 2 is 0.948 bits per heavy atom. The second-order valence-corrected chi connectivity index (χ2v) is 19.2. The van der Waals surface area contributed by atoms with Crippen molar-refractivity contribution in [3.05, 3.63) is 60.7 Å². The summed E-state index contributed by atoms with van der Waals surface area (Å²) < 4.78 is 58.6. The van der Waals surface area contributed by atoms with Gasteiger partial charge in [0.2, 0.25) is 12.6 Å². The van der Waals surface area contributed by atoms with E-state index in [0.717, 1.165) is 51.9 Å². The molecule has 2 aliphatic rings. The van der Waals surface area contributed by atoms with Crippen molar-refractivity contribution in [1.82, 2.24) is 0 Å². The van der Waals surface area contributed by atoms with Crippen molar-refractivity contribution >= 4 is 54.5 Å². The minimum atomic E-state index is -3.28. The van der Waals surface area contributed by atoms with Gasteiger partial charge in [0.25, 0.3) is 8.32 Å². The highest BCUT2D eigenvalue weighted by molar-refractivity contribution is 6.99. The first-order chi connectivity index (χ1) is 27.2. The zero-order valence-corrected chi connectivity index (χ0v) is 34.9. The SMILES string of the molecule is CC(=O)OC[C@H]1O[C@H](O[C@H]2O[C@H](CO[Si](c3ccccc3)(c3ccccc3)C(C)(C)C)[C@H](OC(C)=O)[C@H](O)[C@H]2OC(C)=O)[C@H](OC(C)=O)[C@@H](OC(C)=O)[C@@H]1OC(C)=O. The summed E-state index contributed by atoms with van der Waals surface area (Å²) in [6.07, 6.45) is -16.0. The Morgan fingerprint density at radius 3 is 1.40 bits per heavy atom. The molecule has 58 heavy (non-hydrogen) atoms. The Labute approximate surface area is 337 Å². The number of hydrogen-bond donors (Lipinski definition) is 1. The number of rotatable bonds is 14. The van der Waals surface area contributed by atoms with Crippen LogP contribution in [0.25, 0.3) is 0 Å². The first-order valence-electron chi connectivity index (χ1n) is 18.6. The van der Waals surface area contributed by atoms with Gasteiger partial charge in [0.15, 0.2) is 30.5 Å². The van der Waals surface area contributed by atoms with Crippen molar-refractivity contribution in [3.63, 3.8) is 0 Å². The number of carbonyl (C=O) groups excluding carboxylic acids is 6. The summed E-state index contributed by atoms with van der Waals surface area (Å²) in [4.78, 5) is 74.0. The molecule has 17 nitrogen and oxygen atoms in total. The van der Waals surface area contributed by atoms with E-state index >= 15 is 0 Å². The Bertz CT molecular complexity index is 1710. The molecule has 0 saturated carbocycles. The molecule has 2 aliphatic heterocycles. The van der Waals surface area contributed by atoms with Crippen LogP contribution < -0.4 is 10.4 Å². The number of benzene rings is 2. The van der Waals surface area contributed by atoms with Gasteiger partial charge in [-0.1, -0.05) is 81.4 Å². The summed E-state index contributed by atoms with van der Waals surface area (Å²) in [5, 5.41) is 13.2. The summed E-state index contributed by atoms with van der Waals surface area (Å²) >= 11 is 0. The average molecular weight is 833 g/mol. The fourth-order valence-corrected chi connectivity index (χ4v) is 11.8. The van der Waals surface area contributed by atoms with Gasteiger partial charge in [-0.3, -0.25) is 28.8 Å². The molecule has 0 amide bonds. The largest absolute Gasteiger partial charge is 0.463 e. The van der Waals surface area contributed by atoms with Gasteiger partial charge < -0.3 is 52.2 Å². The quantitative estimate of drug-likeness (QED) is 0.163. The number of hydrogen-bond acceptors (Lipinski definition) is 17. The zero-order chi connectivity index (χ0) is 42.9. The predicted molar refractivity (Wildman–Crippen MR) is 202 cm³/mol. The van der Waals surface area contributed by atoms with Gasteiger partial charge >= 0.3 is 35.8 Å². The van der Waals surface area contributed by atoms with Crippen LogP contribution in [0.5, 0.6) is 0 Å². The summed E-state index contributed by atoms with van der Waals surface area (Å²) in [7, 11) is -3.28. The molecule has 0 aromatic heterocycles. The highest BCUT2D eigenvalue weighted by Crippen LogP contribution is 2.39. The molecule has 2 aromatic carbocycles. The van der Waals surface area contributed by atoms with Gasteiger partial charge in [-0.05, 0) is 15.4 Å². The van der Waals surface area contributed by atoms with Crippen molar-refractivity contribution < 1.29 is 80.9 Å². The molecule has 4 rings (SSSR count). The Balaban J connectivity index is 1.82. The monoisotopic (exact) mass is 832 g/mol. The molecule has 18 heteroatoms. The van der Waals surface area contributed by atoms with E-state index in [9.17, 15) is 33.9 Å². The molecule has 0 radical (unpaired) electrons. The van der Waals surface area contributed by atoms with Crippen LogP contribution in [0.2, 0.25) is 5.04 Å². The molecule has 2 fully saturated rings.